The molecule has 0 bridgehead atoms. The number of allylic oxidation sites excluding steroid dienone is 3. The van der Waals surface area contributed by atoms with Crippen molar-refractivity contribution in [1.82, 2.24) is 5.32 Å². The summed E-state index contributed by atoms with van der Waals surface area (Å²) in [5.74, 6) is 2.15. The predicted molar refractivity (Wildman–Crippen MR) is 109 cm³/mol. The first-order valence-corrected chi connectivity index (χ1v) is 9.67. The third-order valence-electron chi connectivity index (χ3n) is 5.35. The Hall–Kier alpha value is -1.72. The number of carbonyl (C=O) groups excluding carboxylic acids is 1. The number of hydrogen-bond donors (Lipinski definition) is 1. The Kier molecular flexibility index (Phi) is 5.78. The molecule has 2 heterocycles. The molecule has 0 radical (unpaired) electrons. The molecule has 26 heavy (non-hydrogen) atoms. The number of amides is 1. The number of thioether (sulfide) groups is 1. The van der Waals surface area contributed by atoms with Gasteiger partial charge in [-0.3, -0.25) is 9.79 Å². The van der Waals surface area contributed by atoms with Crippen LogP contribution in [-0.4, -0.2) is 35.8 Å². The van der Waals surface area contributed by atoms with E-state index in [9.17, 15) is 4.79 Å². The molecule has 2 aliphatic heterocycles. The highest BCUT2D eigenvalue weighted by molar-refractivity contribution is 8.02. The van der Waals surface area contributed by atoms with Crippen LogP contribution in [0.3, 0.4) is 0 Å². The average Bonchev–Trinajstić information content (AvgIpc) is 3.04. The second-order valence-electron chi connectivity index (χ2n) is 6.62. The number of rotatable bonds is 4. The molecule has 1 aromatic rings. The number of halogens is 1. The minimum Gasteiger partial charge on any atom is -0.496 e. The minimum atomic E-state index is -0.0978. The highest BCUT2D eigenvalue weighted by Gasteiger charge is 2.53. The Morgan fingerprint density at radius 3 is 3.08 bits per heavy atom. The highest BCUT2D eigenvalue weighted by Crippen LogP contribution is 2.52. The summed E-state index contributed by atoms with van der Waals surface area (Å²) >= 11 is 1.87. The van der Waals surface area contributed by atoms with Gasteiger partial charge in [0.05, 0.1) is 23.5 Å². The lowest BCUT2D eigenvalue weighted by molar-refractivity contribution is -0.125. The zero-order valence-corrected chi connectivity index (χ0v) is 16.3. The zero-order chi connectivity index (χ0) is 17.3. The molecule has 0 saturated carbocycles. The van der Waals surface area contributed by atoms with Crippen molar-refractivity contribution in [3.63, 3.8) is 0 Å². The van der Waals surface area contributed by atoms with Crippen LogP contribution in [0.5, 0.6) is 5.75 Å². The van der Waals surface area contributed by atoms with Gasteiger partial charge in [-0.25, -0.2) is 0 Å². The van der Waals surface area contributed by atoms with Crippen LogP contribution in [0.25, 0.3) is 0 Å². The van der Waals surface area contributed by atoms with Gasteiger partial charge >= 0.3 is 0 Å². The summed E-state index contributed by atoms with van der Waals surface area (Å²) in [5, 5.41) is 3.13. The molecule has 0 aromatic heterocycles. The number of carbonyl (C=O) groups is 1. The Labute approximate surface area is 164 Å². The van der Waals surface area contributed by atoms with Crippen LogP contribution >= 0.6 is 24.2 Å². The molecule has 1 N–H and O–H groups in total. The Balaban J connectivity index is 0.00000196. The molecule has 1 saturated heterocycles. The maximum Gasteiger partial charge on any atom is 0.224 e. The van der Waals surface area contributed by atoms with Gasteiger partial charge in [0.25, 0.3) is 0 Å². The minimum absolute atomic E-state index is 0. The molecule has 1 amide bonds. The molecule has 1 aliphatic carbocycles. The van der Waals surface area contributed by atoms with Crippen LogP contribution in [0.15, 0.2) is 53.6 Å². The lowest BCUT2D eigenvalue weighted by Gasteiger charge is -2.38. The van der Waals surface area contributed by atoms with Crippen LogP contribution in [-0.2, 0) is 11.3 Å². The fourth-order valence-corrected chi connectivity index (χ4v) is 5.87. The molecule has 4 rings (SSSR count). The quantitative estimate of drug-likeness (QED) is 0.856. The summed E-state index contributed by atoms with van der Waals surface area (Å²) in [7, 11) is 1.66. The van der Waals surface area contributed by atoms with Crippen molar-refractivity contribution in [2.24, 2.45) is 16.8 Å². The standard InChI is InChI=1S/C20H22N2O2S.ClH/c1-24-17-7-3-2-6-14(17)12-22-19(23)15-13-25-20-10-5-4-8-18(20)21-11-9-16(15)20;/h2-8,10,15-16H,9,11-13H2,1H3,(H,22,23);1H. The number of ether oxygens (including phenoxy) is 1. The number of aliphatic imine (C=N–C) groups is 1. The van der Waals surface area contributed by atoms with Gasteiger partial charge < -0.3 is 10.1 Å². The molecule has 1 spiro atoms. The predicted octanol–water partition coefficient (Wildman–Crippen LogP) is 3.42. The Morgan fingerprint density at radius 2 is 2.23 bits per heavy atom. The van der Waals surface area contributed by atoms with Gasteiger partial charge in [0.2, 0.25) is 5.91 Å². The fraction of sp³-hybridized carbons (Fsp3) is 0.400. The van der Waals surface area contributed by atoms with E-state index >= 15 is 0 Å². The molecule has 3 aliphatic rings. The van der Waals surface area contributed by atoms with Crippen molar-refractivity contribution in [2.75, 3.05) is 19.4 Å². The fourth-order valence-electron chi connectivity index (χ4n) is 4.08. The molecule has 3 atom stereocenters. The van der Waals surface area contributed by atoms with E-state index in [1.54, 1.807) is 7.11 Å². The van der Waals surface area contributed by atoms with E-state index in [2.05, 4.69) is 23.5 Å². The third kappa shape index (κ3) is 3.19. The highest BCUT2D eigenvalue weighted by atomic mass is 35.5. The Morgan fingerprint density at radius 1 is 1.38 bits per heavy atom. The van der Waals surface area contributed by atoms with Crippen molar-refractivity contribution in [1.29, 1.82) is 0 Å². The molecule has 138 valence electrons. The van der Waals surface area contributed by atoms with E-state index in [-0.39, 0.29) is 29.0 Å². The number of hydrogen-bond acceptors (Lipinski definition) is 4. The van der Waals surface area contributed by atoms with Crippen molar-refractivity contribution in [2.45, 2.75) is 17.7 Å². The average molecular weight is 391 g/mol. The molecular weight excluding hydrogens is 368 g/mol. The van der Waals surface area contributed by atoms with E-state index in [1.165, 1.54) is 0 Å². The second kappa shape index (κ2) is 7.89. The lowest BCUT2D eigenvalue weighted by Crippen LogP contribution is -2.46. The molecule has 4 nitrogen and oxygen atoms in total. The van der Waals surface area contributed by atoms with Crippen molar-refractivity contribution >= 4 is 35.8 Å². The van der Waals surface area contributed by atoms with E-state index in [0.717, 1.165) is 35.7 Å². The summed E-state index contributed by atoms with van der Waals surface area (Å²) in [6, 6.07) is 7.82. The number of para-hydroxylation sites is 1. The van der Waals surface area contributed by atoms with Gasteiger partial charge in [0.1, 0.15) is 5.75 Å². The SMILES string of the molecule is COc1ccccc1CNC(=O)C1CSC23C=CC=CC2=NCCC13.Cl. The van der Waals surface area contributed by atoms with Crippen molar-refractivity contribution in [3.05, 3.63) is 54.1 Å². The summed E-state index contributed by atoms with van der Waals surface area (Å²) in [6.07, 6.45) is 9.46. The number of nitrogens with one attached hydrogen (secondary N) is 1. The normalized spacial score (nSPS) is 28.4. The van der Waals surface area contributed by atoms with E-state index in [4.69, 9.17) is 9.73 Å². The Bertz CT molecular complexity index is 777. The molecule has 6 heteroatoms. The molecule has 3 unspecified atom stereocenters. The largest absolute Gasteiger partial charge is 0.496 e. The lowest BCUT2D eigenvalue weighted by atomic mass is 9.74. The van der Waals surface area contributed by atoms with Gasteiger partial charge in [0.15, 0.2) is 0 Å². The molecule has 1 fully saturated rings. The van der Waals surface area contributed by atoms with E-state index in [0.29, 0.717) is 12.5 Å². The first-order chi connectivity index (χ1) is 12.2. The van der Waals surface area contributed by atoms with Gasteiger partial charge in [-0.1, -0.05) is 36.4 Å². The maximum atomic E-state index is 12.9. The van der Waals surface area contributed by atoms with Gasteiger partial charge in [-0.15, -0.1) is 24.2 Å². The summed E-state index contributed by atoms with van der Waals surface area (Å²) in [6.45, 7) is 1.32. The molecular formula is C20H23ClN2O2S. The van der Waals surface area contributed by atoms with Gasteiger partial charge in [-0.05, 0) is 24.5 Å². The number of nitrogens with zero attached hydrogens (tertiary/aromatic N) is 1. The zero-order valence-electron chi connectivity index (χ0n) is 14.7. The van der Waals surface area contributed by atoms with Crippen LogP contribution in [0.4, 0.5) is 0 Å². The monoisotopic (exact) mass is 390 g/mol. The van der Waals surface area contributed by atoms with Crippen molar-refractivity contribution < 1.29 is 9.53 Å². The summed E-state index contributed by atoms with van der Waals surface area (Å²) in [5.41, 5.74) is 2.14. The van der Waals surface area contributed by atoms with Crippen LogP contribution in [0.2, 0.25) is 0 Å². The van der Waals surface area contributed by atoms with Crippen LogP contribution in [0.1, 0.15) is 12.0 Å². The first-order valence-electron chi connectivity index (χ1n) is 8.69. The van der Waals surface area contributed by atoms with Crippen LogP contribution in [0, 0.1) is 11.8 Å². The van der Waals surface area contributed by atoms with Crippen LogP contribution < -0.4 is 10.1 Å². The first kappa shape index (κ1) is 19.1. The van der Waals surface area contributed by atoms with Gasteiger partial charge in [-0.2, -0.15) is 0 Å². The molecule has 1 aromatic carbocycles. The smallest absolute Gasteiger partial charge is 0.224 e. The van der Waals surface area contributed by atoms with Crippen molar-refractivity contribution in [3.8, 4) is 5.75 Å². The number of methoxy groups -OCH3 is 1. The number of benzene rings is 1. The summed E-state index contributed by atoms with van der Waals surface area (Å²) in [4.78, 5) is 17.6. The third-order valence-corrected chi connectivity index (χ3v) is 7.00. The van der Waals surface area contributed by atoms with E-state index in [1.807, 2.05) is 42.1 Å². The second-order valence-corrected chi connectivity index (χ2v) is 7.92. The summed E-state index contributed by atoms with van der Waals surface area (Å²) < 4.78 is 5.27. The maximum absolute atomic E-state index is 12.9. The van der Waals surface area contributed by atoms with E-state index < -0.39 is 0 Å². The van der Waals surface area contributed by atoms with Gasteiger partial charge in [0, 0.05) is 24.4 Å². The topological polar surface area (TPSA) is 50.7 Å².